The highest BCUT2D eigenvalue weighted by atomic mass is 16.5. The summed E-state index contributed by atoms with van der Waals surface area (Å²) < 4.78 is 5.99. The Labute approximate surface area is 142 Å². The van der Waals surface area contributed by atoms with Crippen LogP contribution in [-0.2, 0) is 4.74 Å². The van der Waals surface area contributed by atoms with Crippen LogP contribution < -0.4 is 5.32 Å². The zero-order valence-corrected chi connectivity index (χ0v) is 13.8. The fraction of sp³-hybridized carbons (Fsp3) is 0.550. The molecule has 3 aliphatic rings. The largest absolute Gasteiger partial charge is 0.377 e. The second kappa shape index (κ2) is 5.62. The predicted molar refractivity (Wildman–Crippen MR) is 92.8 cm³/mol. The van der Waals surface area contributed by atoms with Gasteiger partial charge in [0.2, 0.25) is 0 Å². The lowest BCUT2D eigenvalue weighted by atomic mass is 9.61. The van der Waals surface area contributed by atoms with Crippen molar-refractivity contribution in [1.82, 2.24) is 10.3 Å². The van der Waals surface area contributed by atoms with Crippen molar-refractivity contribution in [3.8, 4) is 0 Å². The Morgan fingerprint density at radius 2 is 2.04 bits per heavy atom. The number of rotatable bonds is 3. The monoisotopic (exact) mass is 324 g/mol. The van der Waals surface area contributed by atoms with Crippen molar-refractivity contribution in [1.29, 1.82) is 0 Å². The Balaban J connectivity index is 1.36. The lowest BCUT2D eigenvalue weighted by Crippen LogP contribution is -2.63. The quantitative estimate of drug-likeness (QED) is 0.908. The summed E-state index contributed by atoms with van der Waals surface area (Å²) in [4.78, 5) is 16.0. The molecule has 2 aromatic rings. The summed E-state index contributed by atoms with van der Waals surface area (Å²) in [6.07, 6.45) is 8.68. The number of amides is 1. The van der Waals surface area contributed by atoms with Gasteiger partial charge < -0.3 is 15.0 Å². The Bertz CT molecular complexity index is 757. The Kier molecular flexibility index (Phi) is 3.40. The molecule has 2 saturated carbocycles. The van der Waals surface area contributed by atoms with Gasteiger partial charge in [0.15, 0.2) is 0 Å². The fourth-order valence-electron chi connectivity index (χ4n) is 5.28. The zero-order valence-electron chi connectivity index (χ0n) is 13.8. The summed E-state index contributed by atoms with van der Waals surface area (Å²) in [6, 6.07) is 8.22. The number of carbonyl (C=O) groups excluding carboxylic acids is 1. The number of ether oxygens (including phenoxy) is 1. The van der Waals surface area contributed by atoms with Gasteiger partial charge in [0.25, 0.3) is 5.91 Å². The van der Waals surface area contributed by atoms with Gasteiger partial charge in [-0.25, -0.2) is 0 Å². The average molecular weight is 324 g/mol. The number of fused-ring (bicyclic) bond motifs is 2. The molecule has 2 aliphatic carbocycles. The molecule has 126 valence electrons. The summed E-state index contributed by atoms with van der Waals surface area (Å²) in [5.41, 5.74) is 1.77. The molecule has 0 bridgehead atoms. The maximum absolute atomic E-state index is 12.8. The van der Waals surface area contributed by atoms with Crippen LogP contribution in [-0.4, -0.2) is 29.6 Å². The molecule has 2 N–H and O–H groups in total. The molecule has 3 fully saturated rings. The first-order valence-electron chi connectivity index (χ1n) is 9.31. The minimum Gasteiger partial charge on any atom is -0.377 e. The van der Waals surface area contributed by atoms with E-state index in [1.165, 1.54) is 25.7 Å². The maximum atomic E-state index is 12.8. The molecule has 1 saturated heterocycles. The molecule has 1 aromatic carbocycles. The van der Waals surface area contributed by atoms with E-state index in [2.05, 4.69) is 10.3 Å². The van der Waals surface area contributed by atoms with Crippen LogP contribution in [0, 0.1) is 17.8 Å². The predicted octanol–water partition coefficient (Wildman–Crippen LogP) is 3.49. The van der Waals surface area contributed by atoms with Crippen molar-refractivity contribution in [2.75, 3.05) is 6.61 Å². The molecule has 24 heavy (non-hydrogen) atoms. The second-order valence-electron chi connectivity index (χ2n) is 7.69. The van der Waals surface area contributed by atoms with Gasteiger partial charge in [0.1, 0.15) is 0 Å². The van der Waals surface area contributed by atoms with Gasteiger partial charge >= 0.3 is 0 Å². The van der Waals surface area contributed by atoms with E-state index in [4.69, 9.17) is 4.74 Å². The van der Waals surface area contributed by atoms with E-state index in [-0.39, 0.29) is 5.91 Å². The number of hydrogen-bond donors (Lipinski definition) is 2. The molecule has 1 amide bonds. The standard InChI is InChI=1S/C20H24N2O2/c23-20(14-6-5-12-7-9-21-16(12)11-14)22-18-15-8-10-24-19(15)17(18)13-3-1-2-4-13/h5-7,9,11,13,15,17-19,21H,1-4,8,10H2,(H,22,23)/t15-,17+,18-,19-/m0/s1. The van der Waals surface area contributed by atoms with Crippen LogP contribution in [0.1, 0.15) is 42.5 Å². The fourth-order valence-corrected chi connectivity index (χ4v) is 5.28. The molecule has 4 atom stereocenters. The SMILES string of the molecule is O=C(N[C@H]1[C@@H]2CCO[C@@H]2[C@@H]1C1CCCC1)c1ccc2cc[nH]c2c1. The Morgan fingerprint density at radius 1 is 1.17 bits per heavy atom. The third-order valence-corrected chi connectivity index (χ3v) is 6.50. The van der Waals surface area contributed by atoms with Crippen LogP contribution >= 0.6 is 0 Å². The molecule has 2 heterocycles. The highest BCUT2D eigenvalue weighted by Crippen LogP contribution is 2.51. The molecule has 4 nitrogen and oxygen atoms in total. The number of aromatic nitrogens is 1. The minimum absolute atomic E-state index is 0.0600. The second-order valence-corrected chi connectivity index (χ2v) is 7.69. The lowest BCUT2D eigenvalue weighted by molar-refractivity contribution is -0.0784. The number of aromatic amines is 1. The highest BCUT2D eigenvalue weighted by Gasteiger charge is 2.57. The molecule has 0 radical (unpaired) electrons. The first-order valence-corrected chi connectivity index (χ1v) is 9.31. The molecule has 1 aromatic heterocycles. The van der Waals surface area contributed by atoms with Gasteiger partial charge in [-0.2, -0.15) is 0 Å². The van der Waals surface area contributed by atoms with Crippen LogP contribution in [0.2, 0.25) is 0 Å². The summed E-state index contributed by atoms with van der Waals surface area (Å²) in [7, 11) is 0. The van der Waals surface area contributed by atoms with Crippen LogP contribution in [0.4, 0.5) is 0 Å². The molecular weight excluding hydrogens is 300 g/mol. The topological polar surface area (TPSA) is 54.1 Å². The van der Waals surface area contributed by atoms with Crippen LogP contribution in [0.5, 0.6) is 0 Å². The third kappa shape index (κ3) is 2.20. The van der Waals surface area contributed by atoms with Crippen LogP contribution in [0.15, 0.2) is 30.5 Å². The smallest absolute Gasteiger partial charge is 0.251 e. The van der Waals surface area contributed by atoms with Crippen molar-refractivity contribution >= 4 is 16.8 Å². The summed E-state index contributed by atoms with van der Waals surface area (Å²) in [5, 5.41) is 4.50. The van der Waals surface area contributed by atoms with Gasteiger partial charge in [-0.3, -0.25) is 4.79 Å². The molecule has 0 spiro atoms. The number of nitrogens with one attached hydrogen (secondary N) is 2. The van der Waals surface area contributed by atoms with E-state index in [9.17, 15) is 4.79 Å². The third-order valence-electron chi connectivity index (χ3n) is 6.50. The van der Waals surface area contributed by atoms with E-state index < -0.39 is 0 Å². The van der Waals surface area contributed by atoms with Crippen molar-refractivity contribution in [3.05, 3.63) is 36.0 Å². The van der Waals surface area contributed by atoms with E-state index in [0.29, 0.717) is 24.0 Å². The van der Waals surface area contributed by atoms with Crippen LogP contribution in [0.3, 0.4) is 0 Å². The Morgan fingerprint density at radius 3 is 2.92 bits per heavy atom. The minimum atomic E-state index is 0.0600. The first kappa shape index (κ1) is 14.5. The van der Waals surface area contributed by atoms with E-state index in [1.54, 1.807) is 0 Å². The molecule has 1 aliphatic heterocycles. The number of H-pyrrole nitrogens is 1. The van der Waals surface area contributed by atoms with Crippen molar-refractivity contribution in [2.24, 2.45) is 17.8 Å². The van der Waals surface area contributed by atoms with Gasteiger partial charge in [-0.15, -0.1) is 0 Å². The van der Waals surface area contributed by atoms with Gasteiger partial charge in [-0.1, -0.05) is 31.7 Å². The lowest BCUT2D eigenvalue weighted by Gasteiger charge is -2.50. The molecule has 4 heteroatoms. The van der Waals surface area contributed by atoms with Gasteiger partial charge in [0.05, 0.1) is 6.10 Å². The van der Waals surface area contributed by atoms with E-state index >= 15 is 0 Å². The number of benzene rings is 1. The normalized spacial score (nSPS) is 32.7. The first-order chi connectivity index (χ1) is 11.8. The van der Waals surface area contributed by atoms with Gasteiger partial charge in [0, 0.05) is 41.8 Å². The Hall–Kier alpha value is -1.81. The summed E-state index contributed by atoms with van der Waals surface area (Å²) in [6.45, 7) is 0.860. The summed E-state index contributed by atoms with van der Waals surface area (Å²) >= 11 is 0. The zero-order chi connectivity index (χ0) is 16.1. The average Bonchev–Trinajstić information content (AvgIpc) is 3.33. The van der Waals surface area contributed by atoms with E-state index in [0.717, 1.165) is 35.4 Å². The molecular formula is C20H24N2O2. The number of hydrogen-bond acceptors (Lipinski definition) is 2. The van der Waals surface area contributed by atoms with Crippen molar-refractivity contribution < 1.29 is 9.53 Å². The van der Waals surface area contributed by atoms with Crippen molar-refractivity contribution in [3.63, 3.8) is 0 Å². The highest BCUT2D eigenvalue weighted by molar-refractivity contribution is 5.98. The maximum Gasteiger partial charge on any atom is 0.251 e. The molecule has 5 rings (SSSR count). The van der Waals surface area contributed by atoms with Crippen LogP contribution in [0.25, 0.3) is 10.9 Å². The number of carbonyl (C=O) groups is 1. The van der Waals surface area contributed by atoms with E-state index in [1.807, 2.05) is 30.5 Å². The summed E-state index contributed by atoms with van der Waals surface area (Å²) in [5.74, 6) is 1.84. The molecule has 0 unspecified atom stereocenters. The van der Waals surface area contributed by atoms with Gasteiger partial charge in [-0.05, 0) is 35.9 Å². The van der Waals surface area contributed by atoms with Crippen molar-refractivity contribution in [2.45, 2.75) is 44.2 Å².